The van der Waals surface area contributed by atoms with Crippen molar-refractivity contribution >= 4 is 11.0 Å². The van der Waals surface area contributed by atoms with Crippen LogP contribution in [0.3, 0.4) is 0 Å². The van der Waals surface area contributed by atoms with Gasteiger partial charge < -0.3 is 0 Å². The van der Waals surface area contributed by atoms with Gasteiger partial charge in [-0.1, -0.05) is 30.3 Å². The Bertz CT molecular complexity index is 607. The molecule has 0 radical (unpaired) electrons. The Labute approximate surface area is 93.3 Å². The molecule has 0 amide bonds. The van der Waals surface area contributed by atoms with Gasteiger partial charge in [0.05, 0.1) is 5.69 Å². The van der Waals surface area contributed by atoms with Crippen LogP contribution in [0.2, 0.25) is 0 Å². The van der Waals surface area contributed by atoms with Crippen LogP contribution in [0.1, 0.15) is 5.56 Å². The highest BCUT2D eigenvalue weighted by Gasteiger charge is 2.04. The fourth-order valence-corrected chi connectivity index (χ4v) is 1.76. The Kier molecular flexibility index (Phi) is 1.96. The molecule has 0 N–H and O–H groups in total. The molecule has 0 spiro atoms. The molecule has 3 rings (SSSR count). The van der Waals surface area contributed by atoms with Crippen LogP contribution in [0, 0.1) is 6.92 Å². The molecule has 3 heteroatoms. The van der Waals surface area contributed by atoms with Gasteiger partial charge >= 0.3 is 0 Å². The molecule has 0 aliphatic carbocycles. The number of hydrogen-bond donors (Lipinski definition) is 0. The van der Waals surface area contributed by atoms with Gasteiger partial charge in [0, 0.05) is 0 Å². The van der Waals surface area contributed by atoms with E-state index in [1.165, 1.54) is 5.56 Å². The summed E-state index contributed by atoms with van der Waals surface area (Å²) in [6, 6.07) is 16.0. The van der Waals surface area contributed by atoms with Gasteiger partial charge in [-0.15, -0.1) is 10.2 Å². The van der Waals surface area contributed by atoms with Crippen LogP contribution in [0.5, 0.6) is 0 Å². The second-order valence-electron chi connectivity index (χ2n) is 3.76. The van der Waals surface area contributed by atoms with Crippen molar-refractivity contribution in [2.24, 2.45) is 0 Å². The van der Waals surface area contributed by atoms with E-state index in [1.54, 1.807) is 4.80 Å². The highest BCUT2D eigenvalue weighted by atomic mass is 15.5. The molecule has 0 aliphatic rings. The van der Waals surface area contributed by atoms with Gasteiger partial charge in [0.1, 0.15) is 11.0 Å². The predicted molar refractivity (Wildman–Crippen MR) is 63.6 cm³/mol. The van der Waals surface area contributed by atoms with E-state index in [2.05, 4.69) is 23.2 Å². The Balaban J connectivity index is 2.23. The van der Waals surface area contributed by atoms with E-state index >= 15 is 0 Å². The number of aromatic nitrogens is 3. The number of hydrogen-bond acceptors (Lipinski definition) is 2. The maximum absolute atomic E-state index is 4.45. The lowest BCUT2D eigenvalue weighted by molar-refractivity contribution is 0.760. The normalized spacial score (nSPS) is 10.8. The van der Waals surface area contributed by atoms with Crippen molar-refractivity contribution in [1.29, 1.82) is 0 Å². The summed E-state index contributed by atoms with van der Waals surface area (Å²) < 4.78 is 0. The third-order valence-electron chi connectivity index (χ3n) is 2.62. The van der Waals surface area contributed by atoms with E-state index in [0.717, 1.165) is 16.7 Å². The highest BCUT2D eigenvalue weighted by Crippen LogP contribution is 2.14. The third-order valence-corrected chi connectivity index (χ3v) is 2.62. The fraction of sp³-hybridized carbons (Fsp3) is 0.0769. The second-order valence-corrected chi connectivity index (χ2v) is 3.76. The third kappa shape index (κ3) is 1.37. The maximum Gasteiger partial charge on any atom is 0.113 e. The Morgan fingerprint density at radius 1 is 0.812 bits per heavy atom. The molecule has 0 saturated carbocycles. The van der Waals surface area contributed by atoms with Crippen LogP contribution < -0.4 is 0 Å². The molecule has 0 atom stereocenters. The van der Waals surface area contributed by atoms with Crippen molar-refractivity contribution in [3.05, 3.63) is 54.1 Å². The van der Waals surface area contributed by atoms with Gasteiger partial charge in [-0.2, -0.15) is 4.80 Å². The standard InChI is InChI=1S/C13H11N3/c1-10-6-2-5-9-13(10)16-14-11-7-3-4-8-12(11)15-16/h2-9H,1H3. The van der Waals surface area contributed by atoms with Crippen LogP contribution in [-0.4, -0.2) is 15.0 Å². The largest absolute Gasteiger partial charge is 0.150 e. The van der Waals surface area contributed by atoms with E-state index in [9.17, 15) is 0 Å². The zero-order valence-electron chi connectivity index (χ0n) is 8.96. The molecular weight excluding hydrogens is 198 g/mol. The predicted octanol–water partition coefficient (Wildman–Crippen LogP) is 2.73. The van der Waals surface area contributed by atoms with E-state index in [-0.39, 0.29) is 0 Å². The minimum Gasteiger partial charge on any atom is -0.150 e. The van der Waals surface area contributed by atoms with E-state index in [1.807, 2.05) is 42.5 Å². The topological polar surface area (TPSA) is 30.7 Å². The fourth-order valence-electron chi connectivity index (χ4n) is 1.76. The first kappa shape index (κ1) is 9.09. The Morgan fingerprint density at radius 2 is 1.38 bits per heavy atom. The summed E-state index contributed by atoms with van der Waals surface area (Å²) in [6.45, 7) is 2.06. The van der Waals surface area contributed by atoms with E-state index in [4.69, 9.17) is 0 Å². The van der Waals surface area contributed by atoms with Crippen molar-refractivity contribution in [2.75, 3.05) is 0 Å². The molecule has 1 aromatic heterocycles. The number of nitrogens with zero attached hydrogens (tertiary/aromatic N) is 3. The molecule has 0 unspecified atom stereocenters. The molecule has 16 heavy (non-hydrogen) atoms. The number of fused-ring (bicyclic) bond motifs is 1. The van der Waals surface area contributed by atoms with Gasteiger partial charge in [0.25, 0.3) is 0 Å². The van der Waals surface area contributed by atoms with Crippen molar-refractivity contribution in [1.82, 2.24) is 15.0 Å². The van der Waals surface area contributed by atoms with Gasteiger partial charge in [0.2, 0.25) is 0 Å². The molecule has 3 aromatic rings. The summed E-state index contributed by atoms with van der Waals surface area (Å²) in [4.78, 5) is 1.69. The van der Waals surface area contributed by atoms with Crippen LogP contribution in [0.25, 0.3) is 16.7 Å². The second kappa shape index (κ2) is 3.45. The molecule has 1 heterocycles. The zero-order valence-corrected chi connectivity index (χ0v) is 8.96. The minimum atomic E-state index is 0.922. The van der Waals surface area contributed by atoms with Gasteiger partial charge in [0.15, 0.2) is 0 Å². The number of benzene rings is 2. The Hall–Kier alpha value is -2.16. The molecular formula is C13H11N3. The van der Waals surface area contributed by atoms with Crippen LogP contribution in [-0.2, 0) is 0 Å². The summed E-state index contributed by atoms with van der Waals surface area (Å²) in [6.07, 6.45) is 0. The Morgan fingerprint density at radius 3 is 2.00 bits per heavy atom. The summed E-state index contributed by atoms with van der Waals surface area (Å²) in [7, 11) is 0. The molecule has 78 valence electrons. The smallest absolute Gasteiger partial charge is 0.113 e. The van der Waals surface area contributed by atoms with Crippen LogP contribution in [0.4, 0.5) is 0 Å². The first-order chi connectivity index (χ1) is 7.84. The van der Waals surface area contributed by atoms with Crippen molar-refractivity contribution in [2.45, 2.75) is 6.92 Å². The molecule has 0 fully saturated rings. The average molecular weight is 209 g/mol. The molecule has 3 nitrogen and oxygen atoms in total. The lowest BCUT2D eigenvalue weighted by Crippen LogP contribution is -2.00. The molecule has 2 aromatic carbocycles. The summed E-state index contributed by atoms with van der Waals surface area (Å²) >= 11 is 0. The van der Waals surface area contributed by atoms with Crippen molar-refractivity contribution in [3.8, 4) is 5.69 Å². The van der Waals surface area contributed by atoms with E-state index < -0.39 is 0 Å². The monoisotopic (exact) mass is 209 g/mol. The molecule has 0 bridgehead atoms. The first-order valence-electron chi connectivity index (χ1n) is 5.23. The molecule has 0 aliphatic heterocycles. The minimum absolute atomic E-state index is 0.922. The molecule has 0 saturated heterocycles. The summed E-state index contributed by atoms with van der Waals surface area (Å²) in [5.41, 5.74) is 4.04. The summed E-state index contributed by atoms with van der Waals surface area (Å²) in [5.74, 6) is 0. The highest BCUT2D eigenvalue weighted by molar-refractivity contribution is 5.73. The number of para-hydroxylation sites is 1. The first-order valence-corrected chi connectivity index (χ1v) is 5.23. The van der Waals surface area contributed by atoms with Gasteiger partial charge in [-0.05, 0) is 30.7 Å². The lowest BCUT2D eigenvalue weighted by atomic mass is 10.2. The van der Waals surface area contributed by atoms with Gasteiger partial charge in [-0.3, -0.25) is 0 Å². The van der Waals surface area contributed by atoms with Gasteiger partial charge in [-0.25, -0.2) is 0 Å². The lowest BCUT2D eigenvalue weighted by Gasteiger charge is -2.02. The van der Waals surface area contributed by atoms with E-state index in [0.29, 0.717) is 0 Å². The average Bonchev–Trinajstić information content (AvgIpc) is 2.73. The SMILES string of the molecule is Cc1ccccc1-n1nc2ccccc2n1. The number of rotatable bonds is 1. The zero-order chi connectivity index (χ0) is 11.0. The number of aryl methyl sites for hydroxylation is 1. The maximum atomic E-state index is 4.45. The quantitative estimate of drug-likeness (QED) is 0.617. The van der Waals surface area contributed by atoms with Crippen molar-refractivity contribution in [3.63, 3.8) is 0 Å². The van der Waals surface area contributed by atoms with Crippen molar-refractivity contribution < 1.29 is 0 Å². The van der Waals surface area contributed by atoms with Crippen LogP contribution >= 0.6 is 0 Å². The van der Waals surface area contributed by atoms with Crippen LogP contribution in [0.15, 0.2) is 48.5 Å². The summed E-state index contributed by atoms with van der Waals surface area (Å²) in [5, 5.41) is 8.90.